The highest BCUT2D eigenvalue weighted by Crippen LogP contribution is 2.30. The number of nitrogens with zero attached hydrogens (tertiary/aromatic N) is 2. The molecule has 1 aromatic heterocycles. The quantitative estimate of drug-likeness (QED) is 0.426. The molecule has 178 valence electrons. The number of halogens is 1. The first-order chi connectivity index (χ1) is 16.3. The minimum absolute atomic E-state index is 0.121. The minimum atomic E-state index is -0.493. The van der Waals surface area contributed by atoms with Crippen LogP contribution in [0.25, 0.3) is 22.4 Å². The summed E-state index contributed by atoms with van der Waals surface area (Å²) in [6, 6.07) is 18.8. The first kappa shape index (κ1) is 24.0. The van der Waals surface area contributed by atoms with Crippen LogP contribution in [0.15, 0.2) is 60.8 Å². The van der Waals surface area contributed by atoms with E-state index in [9.17, 15) is 4.79 Å². The maximum atomic E-state index is 12.0. The Hall–Kier alpha value is -3.12. The smallest absolute Gasteiger partial charge is 0.407 e. The molecule has 1 aliphatic rings. The Balaban J connectivity index is 1.40. The van der Waals surface area contributed by atoms with Crippen LogP contribution >= 0.6 is 11.6 Å². The normalized spacial score (nSPS) is 18.2. The van der Waals surface area contributed by atoms with Gasteiger partial charge in [0.05, 0.1) is 16.9 Å². The van der Waals surface area contributed by atoms with Crippen LogP contribution in [0.5, 0.6) is 0 Å². The van der Waals surface area contributed by atoms with Gasteiger partial charge < -0.3 is 15.4 Å². The van der Waals surface area contributed by atoms with Crippen molar-refractivity contribution in [1.82, 2.24) is 15.3 Å². The standard InChI is InChI=1S/C27H31ClN4O2/c1-27(2,3)34-26(33)31-22-14-12-21(13-15-22)30-25-29-17-23(28)24(32-25)20-11-7-10-19(16-20)18-8-5-4-6-9-18/h4-11,16-17,21-22H,12-15H2,1-3H3,(H,31,33)(H,29,30,32)/t21-,22+. The van der Waals surface area contributed by atoms with Crippen LogP contribution in [0.2, 0.25) is 5.02 Å². The lowest BCUT2D eigenvalue weighted by Crippen LogP contribution is -2.42. The molecule has 1 saturated carbocycles. The number of benzene rings is 2. The van der Waals surface area contributed by atoms with Crippen molar-refractivity contribution in [2.24, 2.45) is 0 Å². The van der Waals surface area contributed by atoms with Gasteiger partial charge in [0.1, 0.15) is 5.60 Å². The molecule has 0 unspecified atom stereocenters. The number of hydrogen-bond donors (Lipinski definition) is 2. The molecule has 1 heterocycles. The number of aromatic nitrogens is 2. The predicted molar refractivity (Wildman–Crippen MR) is 137 cm³/mol. The van der Waals surface area contributed by atoms with E-state index in [-0.39, 0.29) is 18.2 Å². The van der Waals surface area contributed by atoms with Gasteiger partial charge >= 0.3 is 6.09 Å². The van der Waals surface area contributed by atoms with Crippen molar-refractivity contribution in [1.29, 1.82) is 0 Å². The SMILES string of the molecule is CC(C)(C)OC(=O)N[C@H]1CC[C@@H](Nc2ncc(Cl)c(-c3cccc(-c4ccccc4)c3)n2)CC1. The zero-order chi connectivity index (χ0) is 24.1. The van der Waals surface area contributed by atoms with Crippen LogP contribution in [0.4, 0.5) is 10.7 Å². The minimum Gasteiger partial charge on any atom is -0.444 e. The highest BCUT2D eigenvalue weighted by atomic mass is 35.5. The number of nitrogens with one attached hydrogen (secondary N) is 2. The van der Waals surface area contributed by atoms with Crippen molar-refractivity contribution < 1.29 is 9.53 Å². The molecule has 2 aromatic carbocycles. The summed E-state index contributed by atoms with van der Waals surface area (Å²) in [4.78, 5) is 21.2. The number of carbonyl (C=O) groups excluding carboxylic acids is 1. The van der Waals surface area contributed by atoms with Crippen LogP contribution in [0.3, 0.4) is 0 Å². The Labute approximate surface area is 206 Å². The molecule has 1 aliphatic carbocycles. The van der Waals surface area contributed by atoms with Gasteiger partial charge in [-0.2, -0.15) is 0 Å². The van der Waals surface area contributed by atoms with Crippen molar-refractivity contribution in [2.45, 2.75) is 64.1 Å². The van der Waals surface area contributed by atoms with Gasteiger partial charge in [0.25, 0.3) is 0 Å². The summed E-state index contributed by atoms with van der Waals surface area (Å²) < 4.78 is 5.37. The number of alkyl carbamates (subject to hydrolysis) is 1. The first-order valence-electron chi connectivity index (χ1n) is 11.7. The largest absolute Gasteiger partial charge is 0.444 e. The topological polar surface area (TPSA) is 76.1 Å². The van der Waals surface area contributed by atoms with Gasteiger partial charge in [0.2, 0.25) is 5.95 Å². The molecule has 0 saturated heterocycles. The van der Waals surface area contributed by atoms with Gasteiger partial charge in [-0.15, -0.1) is 0 Å². The third-order valence-electron chi connectivity index (χ3n) is 5.77. The fraction of sp³-hybridized carbons (Fsp3) is 0.370. The van der Waals surface area contributed by atoms with Crippen LogP contribution in [-0.4, -0.2) is 33.7 Å². The van der Waals surface area contributed by atoms with E-state index >= 15 is 0 Å². The summed E-state index contributed by atoms with van der Waals surface area (Å²) in [5, 5.41) is 6.95. The number of ether oxygens (including phenoxy) is 1. The van der Waals surface area contributed by atoms with E-state index in [4.69, 9.17) is 21.3 Å². The van der Waals surface area contributed by atoms with Gasteiger partial charge in [0, 0.05) is 17.6 Å². The molecule has 4 rings (SSSR count). The second-order valence-electron chi connectivity index (χ2n) is 9.68. The lowest BCUT2D eigenvalue weighted by atomic mass is 9.91. The van der Waals surface area contributed by atoms with Crippen LogP contribution in [0.1, 0.15) is 46.5 Å². The van der Waals surface area contributed by atoms with E-state index in [1.165, 1.54) is 0 Å². The predicted octanol–water partition coefficient (Wildman–Crippen LogP) is 6.71. The van der Waals surface area contributed by atoms with Crippen molar-refractivity contribution >= 4 is 23.6 Å². The lowest BCUT2D eigenvalue weighted by Gasteiger charge is -2.30. The Morgan fingerprint density at radius 2 is 1.59 bits per heavy atom. The number of hydrogen-bond acceptors (Lipinski definition) is 5. The Bertz CT molecular complexity index is 1120. The summed E-state index contributed by atoms with van der Waals surface area (Å²) in [5.74, 6) is 0.563. The molecule has 0 spiro atoms. The number of amides is 1. The van der Waals surface area contributed by atoms with E-state index in [1.807, 2.05) is 51.1 Å². The molecule has 34 heavy (non-hydrogen) atoms. The molecule has 3 aromatic rings. The molecule has 0 bridgehead atoms. The molecule has 2 N–H and O–H groups in total. The molecular formula is C27H31ClN4O2. The summed E-state index contributed by atoms with van der Waals surface area (Å²) >= 11 is 6.48. The van der Waals surface area contributed by atoms with Gasteiger partial charge in [-0.05, 0) is 63.6 Å². The summed E-state index contributed by atoms with van der Waals surface area (Å²) in [7, 11) is 0. The number of carbonyl (C=O) groups is 1. The van der Waals surface area contributed by atoms with Gasteiger partial charge in [-0.1, -0.05) is 60.1 Å². The molecular weight excluding hydrogens is 448 g/mol. The Kier molecular flexibility index (Phi) is 7.37. The Morgan fingerprint density at radius 3 is 2.29 bits per heavy atom. The molecule has 6 nitrogen and oxygen atoms in total. The summed E-state index contributed by atoms with van der Waals surface area (Å²) in [6.45, 7) is 5.60. The fourth-order valence-electron chi connectivity index (χ4n) is 4.15. The monoisotopic (exact) mass is 478 g/mol. The second-order valence-corrected chi connectivity index (χ2v) is 10.1. The number of rotatable bonds is 5. The molecule has 0 radical (unpaired) electrons. The zero-order valence-corrected chi connectivity index (χ0v) is 20.6. The molecule has 1 fully saturated rings. The fourth-order valence-corrected chi connectivity index (χ4v) is 4.35. The van der Waals surface area contributed by atoms with Crippen LogP contribution in [-0.2, 0) is 4.74 Å². The zero-order valence-electron chi connectivity index (χ0n) is 19.8. The highest BCUT2D eigenvalue weighted by Gasteiger charge is 2.25. The van der Waals surface area contributed by atoms with Crippen molar-refractivity contribution in [2.75, 3.05) is 5.32 Å². The lowest BCUT2D eigenvalue weighted by molar-refractivity contribution is 0.0492. The summed E-state index contributed by atoms with van der Waals surface area (Å²) in [6.07, 6.45) is 4.85. The first-order valence-corrected chi connectivity index (χ1v) is 12.1. The second kappa shape index (κ2) is 10.4. The van der Waals surface area contributed by atoms with E-state index in [0.29, 0.717) is 16.7 Å². The van der Waals surface area contributed by atoms with E-state index in [2.05, 4.69) is 39.9 Å². The average Bonchev–Trinajstić information content (AvgIpc) is 2.81. The molecule has 7 heteroatoms. The van der Waals surface area contributed by atoms with Crippen LogP contribution in [0, 0.1) is 0 Å². The maximum Gasteiger partial charge on any atom is 0.407 e. The van der Waals surface area contributed by atoms with Gasteiger partial charge in [0.15, 0.2) is 0 Å². The van der Waals surface area contributed by atoms with Crippen molar-refractivity contribution in [3.8, 4) is 22.4 Å². The van der Waals surface area contributed by atoms with E-state index in [0.717, 1.165) is 42.4 Å². The van der Waals surface area contributed by atoms with Crippen LogP contribution < -0.4 is 10.6 Å². The van der Waals surface area contributed by atoms with E-state index in [1.54, 1.807) is 6.20 Å². The average molecular weight is 479 g/mol. The molecule has 1 amide bonds. The Morgan fingerprint density at radius 1 is 0.941 bits per heavy atom. The van der Waals surface area contributed by atoms with Gasteiger partial charge in [-0.25, -0.2) is 14.8 Å². The number of anilines is 1. The third-order valence-corrected chi connectivity index (χ3v) is 6.05. The molecule has 0 atom stereocenters. The van der Waals surface area contributed by atoms with Gasteiger partial charge in [-0.3, -0.25) is 0 Å². The maximum absolute atomic E-state index is 12.0. The third kappa shape index (κ3) is 6.48. The molecule has 0 aliphatic heterocycles. The van der Waals surface area contributed by atoms with E-state index < -0.39 is 5.60 Å². The summed E-state index contributed by atoms with van der Waals surface area (Å²) in [5.41, 5.74) is 3.41. The van der Waals surface area contributed by atoms with Crippen molar-refractivity contribution in [3.05, 3.63) is 65.8 Å². The highest BCUT2D eigenvalue weighted by molar-refractivity contribution is 6.32. The van der Waals surface area contributed by atoms with Crippen molar-refractivity contribution in [3.63, 3.8) is 0 Å².